The highest BCUT2D eigenvalue weighted by Gasteiger charge is 2.49. The smallest absolute Gasteiger partial charge is 0.425 e. The van der Waals surface area contributed by atoms with E-state index in [0.717, 1.165) is 6.61 Å². The standard InChI is InChI=1S/C23H29F3N4O3.C3H8O.C2H6.C2H2/c1-3-22(4-2)11-19(31)30(21(27)29-22)12-13-9-15(13)20(32)28-16-10-18(23(24,25)26)33-17-8-6-5-7-14(16)17;1-3-4-2;2*1-2/h5-8,13,15-16,18H,3-4,9-12H2,1-2H3,(H2,27,29)(H,28,32);3H2,1-2H3;1-2H3;1-2H/t13-,15?,16+,18?;;;/m1.../s1. The number of ether oxygens (including phenoxy) is 2. The molecule has 2 aliphatic heterocycles. The van der Waals surface area contributed by atoms with Crippen molar-refractivity contribution in [1.29, 1.82) is 0 Å². The first-order valence-electron chi connectivity index (χ1n) is 14.1. The molecule has 11 heteroatoms. The number of hydrogen-bond donors (Lipinski definition) is 2. The second-order valence-corrected chi connectivity index (χ2v) is 9.75. The topological polar surface area (TPSA) is 106 Å². The number of carbonyl (C=O) groups is 2. The van der Waals surface area contributed by atoms with E-state index in [9.17, 15) is 22.8 Å². The Morgan fingerprint density at radius 3 is 2.29 bits per heavy atom. The Hall–Kier alpha value is -3.26. The van der Waals surface area contributed by atoms with E-state index in [1.165, 1.54) is 11.0 Å². The van der Waals surface area contributed by atoms with Gasteiger partial charge in [-0.05, 0) is 38.2 Å². The zero-order valence-electron chi connectivity index (χ0n) is 25.0. The van der Waals surface area contributed by atoms with Gasteiger partial charge in [0.05, 0.1) is 18.0 Å². The predicted octanol–water partition coefficient (Wildman–Crippen LogP) is 5.23. The molecule has 0 saturated heterocycles. The summed E-state index contributed by atoms with van der Waals surface area (Å²) in [6.07, 6.45) is 3.35. The summed E-state index contributed by atoms with van der Waals surface area (Å²) in [5.74, 6) is -0.613. The second kappa shape index (κ2) is 16.2. The van der Waals surface area contributed by atoms with E-state index < -0.39 is 23.9 Å². The number of amides is 2. The van der Waals surface area contributed by atoms with Gasteiger partial charge in [0.2, 0.25) is 11.8 Å². The minimum Gasteiger partial charge on any atom is -0.480 e. The molecule has 4 rings (SSSR count). The maximum atomic E-state index is 13.3. The van der Waals surface area contributed by atoms with E-state index >= 15 is 0 Å². The first-order valence-corrected chi connectivity index (χ1v) is 14.1. The largest absolute Gasteiger partial charge is 0.480 e. The molecule has 2 amide bonds. The number of methoxy groups -OCH3 is 1. The molecule has 0 spiro atoms. The SMILES string of the molecule is C#C.CC.CCC1(CC)CC(=O)N(C[C@H]2CC2C(=O)N[C@H]2CC(C(F)(F)F)Oc3ccccc32)C(N)=N1.CCOC. The van der Waals surface area contributed by atoms with Crippen molar-refractivity contribution in [2.24, 2.45) is 22.6 Å². The normalized spacial score (nSPS) is 23.8. The number of hydrogen-bond acceptors (Lipinski definition) is 6. The Kier molecular flexibility index (Phi) is 14.2. The lowest BCUT2D eigenvalue weighted by atomic mass is 9.88. The third-order valence-corrected chi connectivity index (χ3v) is 7.39. The van der Waals surface area contributed by atoms with Gasteiger partial charge in [-0.3, -0.25) is 14.5 Å². The number of fused-ring (bicyclic) bond motifs is 1. The van der Waals surface area contributed by atoms with Crippen LogP contribution < -0.4 is 15.8 Å². The van der Waals surface area contributed by atoms with Crippen molar-refractivity contribution in [3.05, 3.63) is 29.8 Å². The molecule has 4 atom stereocenters. The molecule has 3 N–H and O–H groups in total. The monoisotopic (exact) mass is 582 g/mol. The van der Waals surface area contributed by atoms with Crippen molar-refractivity contribution < 1.29 is 32.2 Å². The van der Waals surface area contributed by atoms with Crippen LogP contribution in [0.4, 0.5) is 13.2 Å². The Morgan fingerprint density at radius 1 is 1.20 bits per heavy atom. The van der Waals surface area contributed by atoms with E-state index in [0.29, 0.717) is 24.8 Å². The van der Waals surface area contributed by atoms with Crippen LogP contribution in [0.2, 0.25) is 0 Å². The van der Waals surface area contributed by atoms with Gasteiger partial charge in [0.25, 0.3) is 0 Å². The van der Waals surface area contributed by atoms with E-state index in [2.05, 4.69) is 27.9 Å². The van der Waals surface area contributed by atoms with Crippen LogP contribution in [0.5, 0.6) is 5.75 Å². The number of rotatable bonds is 7. The summed E-state index contributed by atoms with van der Waals surface area (Å²) in [6, 6.07) is 5.64. The van der Waals surface area contributed by atoms with Gasteiger partial charge in [-0.15, -0.1) is 12.8 Å². The molecule has 0 bridgehead atoms. The highest BCUT2D eigenvalue weighted by Crippen LogP contribution is 2.43. The minimum atomic E-state index is -4.53. The van der Waals surface area contributed by atoms with Gasteiger partial charge >= 0.3 is 6.18 Å². The number of halogens is 3. The zero-order chi connectivity index (χ0) is 31.4. The second-order valence-electron chi connectivity index (χ2n) is 9.75. The van der Waals surface area contributed by atoms with Crippen molar-refractivity contribution in [3.63, 3.8) is 0 Å². The van der Waals surface area contributed by atoms with E-state index in [-0.39, 0.29) is 54.7 Å². The highest BCUT2D eigenvalue weighted by atomic mass is 19.4. The summed E-state index contributed by atoms with van der Waals surface area (Å²) in [5, 5.41) is 2.78. The van der Waals surface area contributed by atoms with Crippen molar-refractivity contribution in [1.82, 2.24) is 10.2 Å². The number of nitrogens with one attached hydrogen (secondary N) is 1. The molecule has 1 saturated carbocycles. The van der Waals surface area contributed by atoms with Gasteiger partial charge in [0, 0.05) is 38.2 Å². The summed E-state index contributed by atoms with van der Waals surface area (Å²) in [7, 11) is 1.68. The lowest BCUT2D eigenvalue weighted by Gasteiger charge is -2.36. The van der Waals surface area contributed by atoms with Crippen molar-refractivity contribution in [2.75, 3.05) is 20.3 Å². The van der Waals surface area contributed by atoms with Crippen molar-refractivity contribution >= 4 is 17.8 Å². The zero-order valence-corrected chi connectivity index (χ0v) is 25.0. The van der Waals surface area contributed by atoms with Crippen LogP contribution >= 0.6 is 0 Å². The van der Waals surface area contributed by atoms with E-state index in [1.54, 1.807) is 25.3 Å². The summed E-state index contributed by atoms with van der Waals surface area (Å²) in [5.41, 5.74) is 6.15. The highest BCUT2D eigenvalue weighted by molar-refractivity contribution is 5.99. The number of carbonyl (C=O) groups excluding carboxylic acids is 2. The van der Waals surface area contributed by atoms with Crippen LogP contribution in [0.1, 0.15) is 78.3 Å². The number of alkyl halides is 3. The maximum Gasteiger partial charge on any atom is 0.425 e. The fraction of sp³-hybridized carbons (Fsp3) is 0.633. The summed E-state index contributed by atoms with van der Waals surface area (Å²) in [6.45, 7) is 11.0. The molecule has 1 aromatic rings. The molecule has 0 radical (unpaired) electrons. The van der Waals surface area contributed by atoms with Gasteiger partial charge in [-0.2, -0.15) is 13.2 Å². The third-order valence-electron chi connectivity index (χ3n) is 7.39. The van der Waals surface area contributed by atoms with Crippen LogP contribution in [-0.2, 0) is 14.3 Å². The van der Waals surface area contributed by atoms with Crippen molar-refractivity contribution in [3.8, 4) is 18.6 Å². The number of benzene rings is 1. The molecule has 230 valence electrons. The van der Waals surface area contributed by atoms with Crippen LogP contribution in [0.25, 0.3) is 0 Å². The van der Waals surface area contributed by atoms with E-state index in [4.69, 9.17) is 10.5 Å². The molecule has 41 heavy (non-hydrogen) atoms. The van der Waals surface area contributed by atoms with Gasteiger partial charge in [0.1, 0.15) is 5.75 Å². The summed E-state index contributed by atoms with van der Waals surface area (Å²) < 4.78 is 49.6. The molecular formula is C30H45F3N4O4. The molecule has 0 aromatic heterocycles. The molecule has 1 aliphatic carbocycles. The Balaban J connectivity index is 0.000000950. The number of para-hydroxylation sites is 1. The number of terminal acetylenes is 1. The van der Waals surface area contributed by atoms with Crippen LogP contribution in [0, 0.1) is 24.7 Å². The number of nitrogens with two attached hydrogens (primary N) is 1. The molecule has 1 aromatic carbocycles. The molecule has 2 unspecified atom stereocenters. The fourth-order valence-electron chi connectivity index (χ4n) is 4.74. The molecule has 3 aliphatic rings. The lowest BCUT2D eigenvalue weighted by molar-refractivity contribution is -0.201. The first kappa shape index (κ1) is 35.8. The predicted molar refractivity (Wildman–Crippen MR) is 154 cm³/mol. The maximum absolute atomic E-state index is 13.3. The molecule has 2 heterocycles. The third kappa shape index (κ3) is 9.38. The van der Waals surface area contributed by atoms with Crippen LogP contribution in [0.3, 0.4) is 0 Å². The quantitative estimate of drug-likeness (QED) is 0.429. The average Bonchev–Trinajstić information content (AvgIpc) is 3.76. The lowest BCUT2D eigenvalue weighted by Crippen LogP contribution is -2.52. The van der Waals surface area contributed by atoms with E-state index in [1.807, 2.05) is 34.6 Å². The van der Waals surface area contributed by atoms with Crippen LogP contribution in [-0.4, -0.2) is 60.8 Å². The Labute approximate surface area is 242 Å². The van der Waals surface area contributed by atoms with Gasteiger partial charge in [-0.25, -0.2) is 4.99 Å². The van der Waals surface area contributed by atoms with Crippen molar-refractivity contribution in [2.45, 2.75) is 90.6 Å². The summed E-state index contributed by atoms with van der Waals surface area (Å²) >= 11 is 0. The Bertz CT molecular complexity index is 1040. The molecule has 8 nitrogen and oxygen atoms in total. The molecular weight excluding hydrogens is 537 g/mol. The number of aliphatic imine (C=N–C) groups is 1. The van der Waals surface area contributed by atoms with Gasteiger partial charge in [-0.1, -0.05) is 45.9 Å². The Morgan fingerprint density at radius 2 is 1.78 bits per heavy atom. The van der Waals surface area contributed by atoms with Crippen LogP contribution in [0.15, 0.2) is 29.3 Å². The van der Waals surface area contributed by atoms with Gasteiger partial charge < -0.3 is 20.5 Å². The number of guanidine groups is 1. The summed E-state index contributed by atoms with van der Waals surface area (Å²) in [4.78, 5) is 31.6. The van der Waals surface area contributed by atoms with Gasteiger partial charge in [0.15, 0.2) is 12.1 Å². The number of nitrogens with zero attached hydrogens (tertiary/aromatic N) is 2. The molecule has 1 fully saturated rings. The minimum absolute atomic E-state index is 0.105. The first-order chi connectivity index (χ1) is 19.5. The average molecular weight is 583 g/mol. The fourth-order valence-corrected chi connectivity index (χ4v) is 4.74.